The predicted molar refractivity (Wildman–Crippen MR) is 57.1 cm³/mol. The molecule has 0 aromatic rings. The van der Waals surface area contributed by atoms with Crippen LogP contribution in [0.5, 0.6) is 0 Å². The molecule has 4 nitrogen and oxygen atoms in total. The molecule has 3 N–H and O–H groups in total. The van der Waals surface area contributed by atoms with Crippen molar-refractivity contribution in [1.29, 1.82) is 0 Å². The van der Waals surface area contributed by atoms with Gasteiger partial charge in [0.25, 0.3) is 0 Å². The summed E-state index contributed by atoms with van der Waals surface area (Å²) in [6, 6.07) is -0.566. The van der Waals surface area contributed by atoms with Gasteiger partial charge in [-0.05, 0) is 37.0 Å². The Bertz CT molecular complexity index is 361. The lowest BCUT2D eigenvalue weighted by molar-refractivity contribution is 0.249. The summed E-state index contributed by atoms with van der Waals surface area (Å²) in [4.78, 5) is 10.6. The molecule has 2 bridgehead atoms. The van der Waals surface area contributed by atoms with Crippen molar-refractivity contribution in [3.05, 3.63) is 12.2 Å². The predicted octanol–water partition coefficient (Wildman–Crippen LogP) is 1.24. The van der Waals surface area contributed by atoms with E-state index < -0.39 is 6.03 Å². The third-order valence-electron chi connectivity index (χ3n) is 4.10. The van der Waals surface area contributed by atoms with Crippen molar-refractivity contribution in [2.75, 3.05) is 0 Å². The second-order valence-electron chi connectivity index (χ2n) is 4.79. The van der Waals surface area contributed by atoms with E-state index in [4.69, 9.17) is 5.73 Å². The van der Waals surface area contributed by atoms with E-state index >= 15 is 0 Å². The number of primary amides is 1. The van der Waals surface area contributed by atoms with Gasteiger partial charge in [-0.15, -0.1) is 0 Å². The Balaban J connectivity index is 1.78. The Kier molecular flexibility index (Phi) is 1.84. The number of nitrogens with one attached hydrogen (secondary N) is 1. The monoisotopic (exact) mass is 205 g/mol. The summed E-state index contributed by atoms with van der Waals surface area (Å²) < 4.78 is 0. The maximum Gasteiger partial charge on any atom is 0.332 e. The van der Waals surface area contributed by atoms with Crippen LogP contribution >= 0.6 is 0 Å². The highest BCUT2D eigenvalue weighted by molar-refractivity contribution is 5.91. The molecular formula is C11H15N3O. The zero-order valence-electron chi connectivity index (χ0n) is 8.52. The average Bonchev–Trinajstić information content (AvgIpc) is 2.86. The van der Waals surface area contributed by atoms with Crippen molar-refractivity contribution < 1.29 is 4.79 Å². The maximum atomic E-state index is 10.6. The first kappa shape index (κ1) is 8.95. The second kappa shape index (κ2) is 3.08. The molecule has 80 valence electrons. The third kappa shape index (κ3) is 1.28. The van der Waals surface area contributed by atoms with Crippen LogP contribution < -0.4 is 11.2 Å². The van der Waals surface area contributed by atoms with Crippen LogP contribution in [0.4, 0.5) is 4.79 Å². The van der Waals surface area contributed by atoms with Gasteiger partial charge in [0.1, 0.15) is 0 Å². The molecule has 4 heteroatoms. The highest BCUT2D eigenvalue weighted by Gasteiger charge is 2.50. The second-order valence-corrected chi connectivity index (χ2v) is 4.79. The van der Waals surface area contributed by atoms with Gasteiger partial charge in [0.05, 0.1) is 0 Å². The minimum Gasteiger partial charge on any atom is -0.350 e. The Morgan fingerprint density at radius 1 is 1.60 bits per heavy atom. The number of hydrogen-bond donors (Lipinski definition) is 2. The normalized spacial score (nSPS) is 43.6. The van der Waals surface area contributed by atoms with Crippen LogP contribution in [-0.4, -0.2) is 11.7 Å². The number of allylic oxidation sites excluding steroid dienone is 2. The van der Waals surface area contributed by atoms with Crippen LogP contribution in [0.25, 0.3) is 0 Å². The summed E-state index contributed by atoms with van der Waals surface area (Å²) in [7, 11) is 0. The number of amides is 2. The fraction of sp³-hybridized carbons (Fsp3) is 0.636. The lowest BCUT2D eigenvalue weighted by Gasteiger charge is -2.25. The summed E-state index contributed by atoms with van der Waals surface area (Å²) in [6.07, 6.45) is 8.16. The van der Waals surface area contributed by atoms with Crippen molar-refractivity contribution in [3.8, 4) is 0 Å². The molecule has 0 aliphatic heterocycles. The van der Waals surface area contributed by atoms with Crippen LogP contribution in [0.3, 0.4) is 0 Å². The Hall–Kier alpha value is -1.32. The number of rotatable bonds is 1. The van der Waals surface area contributed by atoms with Gasteiger partial charge >= 0.3 is 6.03 Å². The van der Waals surface area contributed by atoms with E-state index in [0.717, 1.165) is 24.0 Å². The summed E-state index contributed by atoms with van der Waals surface area (Å²) in [5, 5.41) is 4.12. The zero-order valence-corrected chi connectivity index (χ0v) is 8.52. The van der Waals surface area contributed by atoms with E-state index in [-0.39, 0.29) is 0 Å². The molecule has 3 rings (SSSR count). The van der Waals surface area contributed by atoms with Gasteiger partial charge in [0.15, 0.2) is 0 Å². The van der Waals surface area contributed by atoms with Gasteiger partial charge < -0.3 is 5.73 Å². The molecule has 3 aliphatic carbocycles. The smallest absolute Gasteiger partial charge is 0.332 e. The number of carbonyl (C=O) groups is 1. The van der Waals surface area contributed by atoms with E-state index in [9.17, 15) is 4.79 Å². The quantitative estimate of drug-likeness (QED) is 0.491. The van der Waals surface area contributed by atoms with Crippen LogP contribution in [0.1, 0.15) is 19.3 Å². The van der Waals surface area contributed by atoms with Crippen LogP contribution in [-0.2, 0) is 0 Å². The lowest BCUT2D eigenvalue weighted by atomic mass is 9.80. The molecule has 0 saturated heterocycles. The SMILES string of the molecule is NC(=O)N/N=C1\C[C@H]2C[C@H]1[C@H]1C=CC[C@@H]21. The fourth-order valence-corrected chi connectivity index (χ4v) is 3.56. The molecule has 3 aliphatic rings. The number of hydrazone groups is 1. The number of fused-ring (bicyclic) bond motifs is 5. The van der Waals surface area contributed by atoms with Crippen molar-refractivity contribution in [2.24, 2.45) is 34.5 Å². The molecule has 2 saturated carbocycles. The molecule has 0 aromatic heterocycles. The van der Waals surface area contributed by atoms with Gasteiger partial charge in [-0.1, -0.05) is 12.2 Å². The topological polar surface area (TPSA) is 67.5 Å². The molecule has 0 unspecified atom stereocenters. The molecule has 2 fully saturated rings. The zero-order chi connectivity index (χ0) is 10.4. The summed E-state index contributed by atoms with van der Waals surface area (Å²) in [5.41, 5.74) is 8.50. The number of hydrogen-bond acceptors (Lipinski definition) is 2. The van der Waals surface area contributed by atoms with Crippen molar-refractivity contribution >= 4 is 11.7 Å². The maximum absolute atomic E-state index is 10.6. The fourth-order valence-electron chi connectivity index (χ4n) is 3.56. The Morgan fingerprint density at radius 3 is 3.27 bits per heavy atom. The number of nitrogens with zero attached hydrogens (tertiary/aromatic N) is 1. The third-order valence-corrected chi connectivity index (χ3v) is 4.10. The Labute approximate surface area is 88.6 Å². The van der Waals surface area contributed by atoms with E-state index in [2.05, 4.69) is 22.7 Å². The first-order valence-electron chi connectivity index (χ1n) is 5.54. The average molecular weight is 205 g/mol. The molecular weight excluding hydrogens is 190 g/mol. The highest BCUT2D eigenvalue weighted by atomic mass is 16.2. The minimum absolute atomic E-state index is 0.561. The minimum atomic E-state index is -0.566. The van der Waals surface area contributed by atoms with E-state index in [0.29, 0.717) is 11.8 Å². The standard InChI is InChI=1S/C11H15N3O/c12-11(15)14-13-10-5-6-4-9(10)8-3-1-2-7(6)8/h1,3,6-9H,2,4-5H2,(H3,12,14,15)/b13-10+/t6-,7+,8+,9+/m1/s1. The van der Waals surface area contributed by atoms with Crippen molar-refractivity contribution in [3.63, 3.8) is 0 Å². The van der Waals surface area contributed by atoms with Gasteiger partial charge in [0, 0.05) is 11.6 Å². The van der Waals surface area contributed by atoms with Gasteiger partial charge in [-0.25, -0.2) is 10.2 Å². The molecule has 0 heterocycles. The van der Waals surface area contributed by atoms with Gasteiger partial charge in [0.2, 0.25) is 0 Å². The number of nitrogens with two attached hydrogens (primary N) is 1. The summed E-state index contributed by atoms with van der Waals surface area (Å²) in [5.74, 6) is 2.87. The molecule has 0 radical (unpaired) electrons. The first-order valence-corrected chi connectivity index (χ1v) is 5.54. The molecule has 15 heavy (non-hydrogen) atoms. The largest absolute Gasteiger partial charge is 0.350 e. The lowest BCUT2D eigenvalue weighted by Crippen LogP contribution is -2.30. The van der Waals surface area contributed by atoms with Crippen LogP contribution in [0.2, 0.25) is 0 Å². The highest BCUT2D eigenvalue weighted by Crippen LogP contribution is 2.55. The number of urea groups is 1. The van der Waals surface area contributed by atoms with Crippen molar-refractivity contribution in [2.45, 2.75) is 19.3 Å². The molecule has 0 spiro atoms. The summed E-state index contributed by atoms with van der Waals surface area (Å²) in [6.45, 7) is 0. The van der Waals surface area contributed by atoms with Gasteiger partial charge in [-0.3, -0.25) is 0 Å². The van der Waals surface area contributed by atoms with Crippen molar-refractivity contribution in [1.82, 2.24) is 5.43 Å². The van der Waals surface area contributed by atoms with E-state index in [1.807, 2.05) is 0 Å². The summed E-state index contributed by atoms with van der Waals surface area (Å²) >= 11 is 0. The van der Waals surface area contributed by atoms with E-state index in [1.54, 1.807) is 0 Å². The molecule has 2 amide bonds. The van der Waals surface area contributed by atoms with E-state index in [1.165, 1.54) is 12.8 Å². The van der Waals surface area contributed by atoms with Crippen LogP contribution in [0.15, 0.2) is 17.3 Å². The first-order chi connectivity index (χ1) is 7.25. The van der Waals surface area contributed by atoms with Gasteiger partial charge in [-0.2, -0.15) is 5.10 Å². The Morgan fingerprint density at radius 2 is 2.47 bits per heavy atom. The number of carbonyl (C=O) groups excluding carboxylic acids is 1. The molecule has 4 atom stereocenters. The molecule has 0 aromatic carbocycles. The van der Waals surface area contributed by atoms with Crippen LogP contribution in [0, 0.1) is 23.7 Å².